The lowest BCUT2D eigenvalue weighted by atomic mass is 10.2. The van der Waals surface area contributed by atoms with E-state index >= 15 is 0 Å². The highest BCUT2D eigenvalue weighted by atomic mass is 32.2. The maximum Gasteiger partial charge on any atom is 0.261 e. The van der Waals surface area contributed by atoms with Gasteiger partial charge in [-0.3, -0.25) is 9.59 Å². The summed E-state index contributed by atoms with van der Waals surface area (Å²) in [6.45, 7) is 0. The van der Waals surface area contributed by atoms with Crippen LogP contribution in [-0.4, -0.2) is 34.8 Å². The summed E-state index contributed by atoms with van der Waals surface area (Å²) in [7, 11) is 0. The molecule has 2 aromatic heterocycles. The van der Waals surface area contributed by atoms with Crippen molar-refractivity contribution in [1.29, 1.82) is 0 Å². The van der Waals surface area contributed by atoms with E-state index < -0.39 is 6.04 Å². The van der Waals surface area contributed by atoms with Gasteiger partial charge in [-0.2, -0.15) is 11.8 Å². The number of amides is 2. The van der Waals surface area contributed by atoms with Crippen LogP contribution in [0.3, 0.4) is 0 Å². The number of aromatic nitrogens is 1. The number of benzene rings is 1. The first-order chi connectivity index (χ1) is 13.2. The fourth-order valence-corrected chi connectivity index (χ4v) is 4.23. The Bertz CT molecular complexity index is 879. The largest absolute Gasteiger partial charge is 0.339 e. The van der Waals surface area contributed by atoms with Gasteiger partial charge < -0.3 is 10.6 Å². The number of carbonyl (C=O) groups is 2. The number of hydrogen-bond acceptors (Lipinski definition) is 6. The summed E-state index contributed by atoms with van der Waals surface area (Å²) in [6, 6.07) is 12.8. The molecule has 3 rings (SSSR count). The molecule has 0 saturated carbocycles. The summed E-state index contributed by atoms with van der Waals surface area (Å²) in [5, 5.41) is 9.95. The molecule has 8 heteroatoms. The fourth-order valence-electron chi connectivity index (χ4n) is 2.41. The Hall–Kier alpha value is -2.16. The van der Waals surface area contributed by atoms with E-state index in [2.05, 4.69) is 15.6 Å². The van der Waals surface area contributed by atoms with Crippen molar-refractivity contribution in [3.8, 4) is 11.3 Å². The van der Waals surface area contributed by atoms with Gasteiger partial charge >= 0.3 is 0 Å². The highest BCUT2D eigenvalue weighted by Gasteiger charge is 2.22. The van der Waals surface area contributed by atoms with Crippen molar-refractivity contribution in [1.82, 2.24) is 10.3 Å². The number of thiophene rings is 1. The Morgan fingerprint density at radius 3 is 2.67 bits per heavy atom. The third kappa shape index (κ3) is 5.41. The van der Waals surface area contributed by atoms with Crippen LogP contribution in [0.1, 0.15) is 16.1 Å². The monoisotopic (exact) mass is 417 g/mol. The van der Waals surface area contributed by atoms with Crippen LogP contribution in [0.5, 0.6) is 0 Å². The Morgan fingerprint density at radius 1 is 1.15 bits per heavy atom. The summed E-state index contributed by atoms with van der Waals surface area (Å²) >= 11 is 4.36. The van der Waals surface area contributed by atoms with Crippen LogP contribution in [-0.2, 0) is 4.79 Å². The molecule has 0 spiro atoms. The Balaban J connectivity index is 1.67. The first-order valence-electron chi connectivity index (χ1n) is 8.32. The van der Waals surface area contributed by atoms with Crippen LogP contribution in [0.25, 0.3) is 11.3 Å². The molecule has 0 saturated heterocycles. The maximum absolute atomic E-state index is 12.7. The SMILES string of the molecule is CSCCC(NC(=O)c1cccs1)C(=O)Nc1nc(-c2ccccc2)cs1. The van der Waals surface area contributed by atoms with Gasteiger partial charge in [0.15, 0.2) is 5.13 Å². The van der Waals surface area contributed by atoms with Gasteiger partial charge in [-0.05, 0) is 29.9 Å². The van der Waals surface area contributed by atoms with Gasteiger partial charge in [0.2, 0.25) is 5.91 Å². The third-order valence-electron chi connectivity index (χ3n) is 3.78. The lowest BCUT2D eigenvalue weighted by Crippen LogP contribution is -2.44. The number of nitrogens with one attached hydrogen (secondary N) is 2. The second kappa shape index (κ2) is 9.68. The zero-order valence-corrected chi connectivity index (χ0v) is 17.1. The van der Waals surface area contributed by atoms with Crippen molar-refractivity contribution in [2.45, 2.75) is 12.5 Å². The summed E-state index contributed by atoms with van der Waals surface area (Å²) in [6.07, 6.45) is 2.53. The molecule has 1 aromatic carbocycles. The van der Waals surface area contributed by atoms with Crippen LogP contribution in [0.15, 0.2) is 53.2 Å². The van der Waals surface area contributed by atoms with Gasteiger partial charge in [0.1, 0.15) is 6.04 Å². The minimum absolute atomic E-state index is 0.227. The Morgan fingerprint density at radius 2 is 1.96 bits per heavy atom. The molecule has 27 heavy (non-hydrogen) atoms. The molecule has 0 bridgehead atoms. The van der Waals surface area contributed by atoms with E-state index in [-0.39, 0.29) is 11.8 Å². The van der Waals surface area contributed by atoms with Gasteiger partial charge in [0.25, 0.3) is 5.91 Å². The maximum atomic E-state index is 12.7. The average molecular weight is 418 g/mol. The lowest BCUT2D eigenvalue weighted by molar-refractivity contribution is -0.118. The van der Waals surface area contributed by atoms with Gasteiger partial charge in [0.05, 0.1) is 10.6 Å². The highest BCUT2D eigenvalue weighted by molar-refractivity contribution is 7.98. The molecule has 2 amide bonds. The molecule has 2 heterocycles. The van der Waals surface area contributed by atoms with Gasteiger partial charge in [-0.1, -0.05) is 36.4 Å². The first kappa shape index (κ1) is 19.6. The predicted octanol–water partition coefficient (Wildman–Crippen LogP) is 4.36. The number of thioether (sulfide) groups is 1. The number of anilines is 1. The molecule has 1 atom stereocenters. The summed E-state index contributed by atoms with van der Waals surface area (Å²) < 4.78 is 0. The van der Waals surface area contributed by atoms with E-state index in [1.54, 1.807) is 17.8 Å². The summed E-state index contributed by atoms with van der Waals surface area (Å²) in [5.41, 5.74) is 1.82. The van der Waals surface area contributed by atoms with Crippen molar-refractivity contribution in [2.24, 2.45) is 0 Å². The zero-order valence-electron chi connectivity index (χ0n) is 14.7. The van der Waals surface area contributed by atoms with Gasteiger partial charge in [0, 0.05) is 10.9 Å². The molecular formula is C19H19N3O2S3. The molecule has 0 fully saturated rings. The smallest absolute Gasteiger partial charge is 0.261 e. The van der Waals surface area contributed by atoms with E-state index in [4.69, 9.17) is 0 Å². The second-order valence-electron chi connectivity index (χ2n) is 5.68. The van der Waals surface area contributed by atoms with Crippen molar-refractivity contribution >= 4 is 51.4 Å². The summed E-state index contributed by atoms with van der Waals surface area (Å²) in [5.74, 6) is 0.300. The normalized spacial score (nSPS) is 11.7. The van der Waals surface area contributed by atoms with Crippen LogP contribution in [0.2, 0.25) is 0 Å². The third-order valence-corrected chi connectivity index (χ3v) is 6.05. The van der Waals surface area contributed by atoms with Crippen LogP contribution in [0.4, 0.5) is 5.13 Å². The van der Waals surface area contributed by atoms with Crippen molar-refractivity contribution in [3.63, 3.8) is 0 Å². The molecule has 5 nitrogen and oxygen atoms in total. The van der Waals surface area contributed by atoms with Crippen molar-refractivity contribution in [3.05, 3.63) is 58.1 Å². The van der Waals surface area contributed by atoms with Crippen molar-refractivity contribution in [2.75, 3.05) is 17.3 Å². The highest BCUT2D eigenvalue weighted by Crippen LogP contribution is 2.24. The molecule has 1 unspecified atom stereocenters. The molecule has 3 aromatic rings. The number of rotatable bonds is 8. The number of thiazole rings is 1. The predicted molar refractivity (Wildman–Crippen MR) is 115 cm³/mol. The first-order valence-corrected chi connectivity index (χ1v) is 11.5. The molecule has 140 valence electrons. The van der Waals surface area contributed by atoms with Gasteiger partial charge in [-0.25, -0.2) is 4.98 Å². The van der Waals surface area contributed by atoms with Crippen molar-refractivity contribution < 1.29 is 9.59 Å². The summed E-state index contributed by atoms with van der Waals surface area (Å²) in [4.78, 5) is 30.1. The minimum atomic E-state index is -0.601. The van der Waals surface area contributed by atoms with Crippen LogP contribution in [0, 0.1) is 0 Å². The topological polar surface area (TPSA) is 71.1 Å². The number of carbonyl (C=O) groups excluding carboxylic acids is 2. The standard InChI is InChI=1S/C19H19N3O2S3/c1-25-11-9-14(20-18(24)16-8-5-10-26-16)17(23)22-19-21-15(12-27-19)13-6-3-2-4-7-13/h2-8,10,12,14H,9,11H2,1H3,(H,20,24)(H,21,22,23). The fraction of sp³-hybridized carbons (Fsp3) is 0.211. The van der Waals surface area contributed by atoms with E-state index in [0.29, 0.717) is 16.4 Å². The van der Waals surface area contributed by atoms with E-state index in [0.717, 1.165) is 17.0 Å². The van der Waals surface area contributed by atoms with E-state index in [1.165, 1.54) is 22.7 Å². The second-order valence-corrected chi connectivity index (χ2v) is 8.47. The van der Waals surface area contributed by atoms with Crippen LogP contribution >= 0.6 is 34.4 Å². The lowest BCUT2D eigenvalue weighted by Gasteiger charge is -2.16. The quantitative estimate of drug-likeness (QED) is 0.571. The molecule has 0 aliphatic heterocycles. The molecule has 0 aliphatic rings. The van der Waals surface area contributed by atoms with Gasteiger partial charge in [-0.15, -0.1) is 22.7 Å². The average Bonchev–Trinajstić information content (AvgIpc) is 3.37. The molecular weight excluding hydrogens is 398 g/mol. The zero-order chi connectivity index (χ0) is 19.1. The Kier molecular flexibility index (Phi) is 7.03. The number of nitrogens with zero attached hydrogens (tertiary/aromatic N) is 1. The molecule has 0 aliphatic carbocycles. The molecule has 0 radical (unpaired) electrons. The number of hydrogen-bond donors (Lipinski definition) is 2. The molecule has 2 N–H and O–H groups in total. The Labute approximate surface area is 170 Å². The minimum Gasteiger partial charge on any atom is -0.339 e. The van der Waals surface area contributed by atoms with Crippen LogP contribution < -0.4 is 10.6 Å². The van der Waals surface area contributed by atoms with E-state index in [1.807, 2.05) is 53.4 Å². The van der Waals surface area contributed by atoms with E-state index in [9.17, 15) is 9.59 Å².